The van der Waals surface area contributed by atoms with Crippen LogP contribution in [0, 0.1) is 12.7 Å². The number of aryl methyl sites for hydroxylation is 2. The van der Waals surface area contributed by atoms with Gasteiger partial charge in [-0.15, -0.1) is 0 Å². The number of carbonyl (C=O) groups excluding carboxylic acids is 1. The SMILES string of the molecule is Cc1nn(C)cc1-c1cnc(N)c(-c2ccc(C(=O)NC3(c4cccc(Cl)c4)CC3N)c(F)c2)c1. The lowest BCUT2D eigenvalue weighted by molar-refractivity contribution is 0.0925. The van der Waals surface area contributed by atoms with Gasteiger partial charge in [-0.1, -0.05) is 29.8 Å². The largest absolute Gasteiger partial charge is 0.383 e. The van der Waals surface area contributed by atoms with Gasteiger partial charge in [-0.2, -0.15) is 5.10 Å². The average Bonchev–Trinajstić information content (AvgIpc) is 3.34. The van der Waals surface area contributed by atoms with E-state index >= 15 is 4.39 Å². The Kier molecular flexibility index (Phi) is 5.57. The topological polar surface area (TPSA) is 112 Å². The number of nitrogens with zero attached hydrogens (tertiary/aromatic N) is 3. The lowest BCUT2D eigenvalue weighted by Crippen LogP contribution is -2.39. The molecule has 1 amide bonds. The first kappa shape index (κ1) is 23.0. The number of nitrogens with one attached hydrogen (secondary N) is 1. The normalized spacial score (nSPS) is 18.9. The lowest BCUT2D eigenvalue weighted by atomic mass is 9.99. The summed E-state index contributed by atoms with van der Waals surface area (Å²) in [5.41, 5.74) is 15.9. The number of rotatable bonds is 5. The molecule has 0 aliphatic heterocycles. The van der Waals surface area contributed by atoms with Crippen molar-refractivity contribution in [2.75, 3.05) is 5.73 Å². The van der Waals surface area contributed by atoms with Gasteiger partial charge in [0.15, 0.2) is 0 Å². The molecule has 178 valence electrons. The Morgan fingerprint density at radius 1 is 1.20 bits per heavy atom. The van der Waals surface area contributed by atoms with Crippen molar-refractivity contribution in [2.45, 2.75) is 24.9 Å². The summed E-state index contributed by atoms with van der Waals surface area (Å²) in [4.78, 5) is 17.3. The molecule has 1 saturated carbocycles. The molecule has 2 heterocycles. The Labute approximate surface area is 206 Å². The minimum absolute atomic E-state index is 0.0833. The van der Waals surface area contributed by atoms with Gasteiger partial charge in [-0.05, 0) is 54.8 Å². The van der Waals surface area contributed by atoms with Crippen LogP contribution in [0.25, 0.3) is 22.3 Å². The summed E-state index contributed by atoms with van der Waals surface area (Å²) in [7, 11) is 1.84. The average molecular weight is 491 g/mol. The first-order valence-corrected chi connectivity index (χ1v) is 11.5. The second-order valence-corrected chi connectivity index (χ2v) is 9.34. The highest BCUT2D eigenvalue weighted by Gasteiger charge is 2.54. The number of hydrogen-bond donors (Lipinski definition) is 3. The fourth-order valence-electron chi connectivity index (χ4n) is 4.48. The van der Waals surface area contributed by atoms with Gasteiger partial charge < -0.3 is 16.8 Å². The van der Waals surface area contributed by atoms with Gasteiger partial charge in [0.05, 0.1) is 16.8 Å². The molecular formula is C26H24ClFN6O. The van der Waals surface area contributed by atoms with E-state index in [-0.39, 0.29) is 17.4 Å². The van der Waals surface area contributed by atoms with Gasteiger partial charge in [-0.3, -0.25) is 9.48 Å². The van der Waals surface area contributed by atoms with Crippen LogP contribution in [-0.2, 0) is 12.6 Å². The highest BCUT2D eigenvalue weighted by atomic mass is 35.5. The molecule has 35 heavy (non-hydrogen) atoms. The summed E-state index contributed by atoms with van der Waals surface area (Å²) in [5.74, 6) is -0.957. The molecule has 1 fully saturated rings. The molecule has 2 atom stereocenters. The summed E-state index contributed by atoms with van der Waals surface area (Å²) in [5, 5.41) is 7.82. The molecule has 2 aromatic carbocycles. The van der Waals surface area contributed by atoms with E-state index in [1.807, 2.05) is 32.3 Å². The second kappa shape index (κ2) is 8.48. The number of anilines is 1. The van der Waals surface area contributed by atoms with Crippen LogP contribution >= 0.6 is 11.6 Å². The van der Waals surface area contributed by atoms with Gasteiger partial charge >= 0.3 is 0 Å². The summed E-state index contributed by atoms with van der Waals surface area (Å²) in [6, 6.07) is 13.1. The van der Waals surface area contributed by atoms with Crippen molar-refractivity contribution in [1.29, 1.82) is 0 Å². The molecule has 2 aromatic heterocycles. The van der Waals surface area contributed by atoms with E-state index in [9.17, 15) is 4.79 Å². The molecular weight excluding hydrogens is 467 g/mol. The van der Waals surface area contributed by atoms with Gasteiger partial charge in [0, 0.05) is 47.2 Å². The smallest absolute Gasteiger partial charge is 0.255 e. The Morgan fingerprint density at radius 3 is 2.60 bits per heavy atom. The maximum absolute atomic E-state index is 15.2. The van der Waals surface area contributed by atoms with Crippen LogP contribution in [0.1, 0.15) is 28.0 Å². The third kappa shape index (κ3) is 4.15. The highest BCUT2D eigenvalue weighted by molar-refractivity contribution is 6.30. The fraction of sp³-hybridized carbons (Fsp3) is 0.192. The second-order valence-electron chi connectivity index (χ2n) is 8.90. The maximum Gasteiger partial charge on any atom is 0.255 e. The van der Waals surface area contributed by atoms with Gasteiger partial charge in [0.1, 0.15) is 11.6 Å². The predicted molar refractivity (Wildman–Crippen MR) is 134 cm³/mol. The van der Waals surface area contributed by atoms with Crippen molar-refractivity contribution in [2.24, 2.45) is 12.8 Å². The number of halogens is 2. The first-order valence-electron chi connectivity index (χ1n) is 11.1. The summed E-state index contributed by atoms with van der Waals surface area (Å²) >= 11 is 6.12. The third-order valence-corrected chi connectivity index (χ3v) is 6.69. The molecule has 1 aliphatic carbocycles. The summed E-state index contributed by atoms with van der Waals surface area (Å²) in [6.07, 6.45) is 4.09. The Hall–Kier alpha value is -3.75. The standard InChI is InChI=1S/C26H24ClFN6O/c1-14-21(13-34(2)33-14)16-8-20(24(30)31-12-16)15-6-7-19(22(28)9-15)25(35)32-26(11-23(26)29)17-4-3-5-18(27)10-17/h3-10,12-13,23H,11,29H2,1-2H3,(H2,30,31)(H,32,35). The zero-order valence-electron chi connectivity index (χ0n) is 19.2. The Morgan fingerprint density at radius 2 is 1.97 bits per heavy atom. The lowest BCUT2D eigenvalue weighted by Gasteiger charge is -2.20. The van der Waals surface area contributed by atoms with Crippen molar-refractivity contribution in [3.05, 3.63) is 88.6 Å². The molecule has 4 aromatic rings. The van der Waals surface area contributed by atoms with E-state index in [4.69, 9.17) is 23.1 Å². The van der Waals surface area contributed by atoms with Crippen LogP contribution in [0.15, 0.2) is 60.9 Å². The molecule has 0 radical (unpaired) electrons. The van der Waals surface area contributed by atoms with Crippen molar-refractivity contribution in [1.82, 2.24) is 20.1 Å². The minimum atomic E-state index is -0.767. The van der Waals surface area contributed by atoms with Crippen LogP contribution in [0.3, 0.4) is 0 Å². The molecule has 5 rings (SSSR count). The number of nitrogen functional groups attached to an aromatic ring is 1. The Balaban J connectivity index is 1.44. The van der Waals surface area contributed by atoms with E-state index in [1.165, 1.54) is 12.1 Å². The van der Waals surface area contributed by atoms with Gasteiger partial charge in [-0.25, -0.2) is 9.37 Å². The van der Waals surface area contributed by atoms with Crippen molar-refractivity contribution in [3.63, 3.8) is 0 Å². The van der Waals surface area contributed by atoms with E-state index in [0.29, 0.717) is 22.6 Å². The molecule has 0 saturated heterocycles. The first-order chi connectivity index (χ1) is 16.7. The number of hydrogen-bond acceptors (Lipinski definition) is 5. The zero-order valence-corrected chi connectivity index (χ0v) is 20.0. The molecule has 7 nitrogen and oxygen atoms in total. The summed E-state index contributed by atoms with van der Waals surface area (Å²) in [6.45, 7) is 1.90. The van der Waals surface area contributed by atoms with Gasteiger partial charge in [0.2, 0.25) is 0 Å². The number of benzene rings is 2. The molecule has 2 unspecified atom stereocenters. The van der Waals surface area contributed by atoms with Gasteiger partial charge in [0.25, 0.3) is 5.91 Å². The van der Waals surface area contributed by atoms with E-state index in [2.05, 4.69) is 15.4 Å². The molecule has 0 spiro atoms. The highest BCUT2D eigenvalue weighted by Crippen LogP contribution is 2.45. The van der Waals surface area contributed by atoms with Crippen molar-refractivity contribution < 1.29 is 9.18 Å². The molecule has 0 bridgehead atoms. The van der Waals surface area contributed by atoms with Crippen LogP contribution in [-0.4, -0.2) is 26.7 Å². The number of pyridine rings is 1. The quantitative estimate of drug-likeness (QED) is 0.388. The predicted octanol–water partition coefficient (Wildman–Crippen LogP) is 4.19. The number of carbonyl (C=O) groups is 1. The number of aromatic nitrogens is 3. The minimum Gasteiger partial charge on any atom is -0.383 e. The monoisotopic (exact) mass is 490 g/mol. The van der Waals surface area contributed by atoms with E-state index in [0.717, 1.165) is 22.4 Å². The number of amides is 1. The third-order valence-electron chi connectivity index (χ3n) is 6.46. The van der Waals surface area contributed by atoms with Crippen LogP contribution in [0.4, 0.5) is 10.2 Å². The van der Waals surface area contributed by atoms with Crippen molar-refractivity contribution >= 4 is 23.3 Å². The number of nitrogens with two attached hydrogens (primary N) is 2. The summed E-state index contributed by atoms with van der Waals surface area (Å²) < 4.78 is 16.9. The van der Waals surface area contributed by atoms with Crippen LogP contribution in [0.5, 0.6) is 0 Å². The zero-order chi connectivity index (χ0) is 24.9. The van der Waals surface area contributed by atoms with Crippen LogP contribution < -0.4 is 16.8 Å². The molecule has 1 aliphatic rings. The molecule has 5 N–H and O–H groups in total. The van der Waals surface area contributed by atoms with Crippen molar-refractivity contribution in [3.8, 4) is 22.3 Å². The maximum atomic E-state index is 15.2. The van der Waals surface area contributed by atoms with E-state index in [1.54, 1.807) is 35.1 Å². The molecule has 9 heteroatoms. The Bertz CT molecular complexity index is 1470. The fourth-order valence-corrected chi connectivity index (χ4v) is 4.67. The van der Waals surface area contributed by atoms with Crippen LogP contribution in [0.2, 0.25) is 5.02 Å². The van der Waals surface area contributed by atoms with E-state index < -0.39 is 17.3 Å².